The summed E-state index contributed by atoms with van der Waals surface area (Å²) in [5.41, 5.74) is -2.06. The van der Waals surface area contributed by atoms with Crippen molar-refractivity contribution in [3.05, 3.63) is 11.4 Å². The molecule has 0 aromatic rings. The molecule has 0 fully saturated rings. The molecule has 2 N–H and O–H groups in total. The van der Waals surface area contributed by atoms with Gasteiger partial charge in [0.1, 0.15) is 12.5 Å². The van der Waals surface area contributed by atoms with E-state index in [0.717, 1.165) is 0 Å². The van der Waals surface area contributed by atoms with Gasteiger partial charge in [0.25, 0.3) is 12.9 Å². The van der Waals surface area contributed by atoms with E-state index >= 15 is 0 Å². The van der Waals surface area contributed by atoms with Crippen molar-refractivity contribution in [2.75, 3.05) is 6.67 Å². The van der Waals surface area contributed by atoms with Gasteiger partial charge in [-0.2, -0.15) is 0 Å². The summed E-state index contributed by atoms with van der Waals surface area (Å²) in [4.78, 5) is 8.56. The lowest BCUT2D eigenvalue weighted by Gasteiger charge is -2.04. The SMILES string of the molecule is FCC(F)=C(C(F)F)C(F)F.O=C(O)O. The zero-order valence-corrected chi connectivity index (χ0v) is 6.93. The Morgan fingerprint density at radius 1 is 1.07 bits per heavy atom. The molecule has 0 aliphatic rings. The Labute approximate surface area is 79.6 Å². The molecule has 0 aromatic carbocycles. The maximum Gasteiger partial charge on any atom is 0.503 e. The van der Waals surface area contributed by atoms with Gasteiger partial charge in [0.2, 0.25) is 0 Å². The highest BCUT2D eigenvalue weighted by Crippen LogP contribution is 2.22. The lowest BCUT2D eigenvalue weighted by molar-refractivity contribution is 0.105. The van der Waals surface area contributed by atoms with Crippen LogP contribution in [0.15, 0.2) is 11.4 Å². The Bertz CT molecular complexity index is 213. The molecule has 0 aliphatic carbocycles. The third-order valence-corrected chi connectivity index (χ3v) is 0.901. The smallest absolute Gasteiger partial charge is 0.450 e. The molecule has 0 saturated carbocycles. The fraction of sp³-hybridized carbons (Fsp3) is 0.500. The molecule has 15 heavy (non-hydrogen) atoms. The van der Waals surface area contributed by atoms with Crippen molar-refractivity contribution in [3.8, 4) is 0 Å². The Morgan fingerprint density at radius 2 is 1.33 bits per heavy atom. The van der Waals surface area contributed by atoms with E-state index in [1.54, 1.807) is 0 Å². The molecular weight excluding hydrogens is 234 g/mol. The van der Waals surface area contributed by atoms with E-state index in [0.29, 0.717) is 0 Å². The largest absolute Gasteiger partial charge is 0.503 e. The molecule has 0 heterocycles. The topological polar surface area (TPSA) is 57.5 Å². The molecule has 0 aliphatic heterocycles. The van der Waals surface area contributed by atoms with Gasteiger partial charge >= 0.3 is 6.16 Å². The van der Waals surface area contributed by atoms with Crippen LogP contribution in [0, 0.1) is 0 Å². The quantitative estimate of drug-likeness (QED) is 0.745. The lowest BCUT2D eigenvalue weighted by atomic mass is 10.2. The van der Waals surface area contributed by atoms with E-state index < -0.39 is 37.1 Å². The Balaban J connectivity index is 0. The minimum atomic E-state index is -3.65. The molecule has 0 spiro atoms. The van der Waals surface area contributed by atoms with Crippen LogP contribution in [0.2, 0.25) is 0 Å². The minimum absolute atomic E-state index is 1.83. The molecule has 9 heteroatoms. The van der Waals surface area contributed by atoms with Crippen LogP contribution in [-0.2, 0) is 0 Å². The average molecular weight is 240 g/mol. The number of alkyl halides is 5. The number of halogens is 6. The van der Waals surface area contributed by atoms with Gasteiger partial charge in [0.15, 0.2) is 0 Å². The van der Waals surface area contributed by atoms with Gasteiger partial charge in [-0.15, -0.1) is 0 Å². The zero-order valence-electron chi connectivity index (χ0n) is 6.93. The third kappa shape index (κ3) is 8.91. The first kappa shape index (κ1) is 16.0. The zero-order chi connectivity index (χ0) is 12.6. The summed E-state index contributed by atoms with van der Waals surface area (Å²) in [5.74, 6) is -2.09. The van der Waals surface area contributed by atoms with Crippen molar-refractivity contribution in [2.45, 2.75) is 12.9 Å². The fourth-order valence-corrected chi connectivity index (χ4v) is 0.409. The van der Waals surface area contributed by atoms with E-state index in [1.807, 2.05) is 0 Å². The number of allylic oxidation sites excluding steroid dienone is 2. The van der Waals surface area contributed by atoms with Crippen LogP contribution in [0.5, 0.6) is 0 Å². The van der Waals surface area contributed by atoms with Crippen molar-refractivity contribution in [1.29, 1.82) is 0 Å². The predicted molar refractivity (Wildman–Crippen MR) is 36.8 cm³/mol. The molecule has 0 atom stereocenters. The fourth-order valence-electron chi connectivity index (χ4n) is 0.409. The predicted octanol–water partition coefficient (Wildman–Crippen LogP) is 2.93. The summed E-state index contributed by atoms with van der Waals surface area (Å²) in [5, 5.41) is 13.9. The second-order valence-electron chi connectivity index (χ2n) is 1.88. The number of hydrogen-bond donors (Lipinski definition) is 2. The van der Waals surface area contributed by atoms with Crippen LogP contribution in [0.4, 0.5) is 31.1 Å². The number of hydrogen-bond acceptors (Lipinski definition) is 1. The van der Waals surface area contributed by atoms with E-state index in [1.165, 1.54) is 0 Å². The van der Waals surface area contributed by atoms with Gasteiger partial charge in [0, 0.05) is 0 Å². The highest BCUT2D eigenvalue weighted by atomic mass is 19.3. The monoisotopic (exact) mass is 240 g/mol. The standard InChI is InChI=1S/C5H4F6.CH2O3/c6-1-2(7)3(4(8)9)5(10)11;2-1(3)4/h4-5H,1H2;(H2,2,3,4). The van der Waals surface area contributed by atoms with Crippen molar-refractivity contribution in [2.24, 2.45) is 0 Å². The maximum atomic E-state index is 11.8. The molecule has 0 rings (SSSR count). The summed E-state index contributed by atoms with van der Waals surface area (Å²) in [7, 11) is 0. The van der Waals surface area contributed by atoms with Crippen LogP contribution in [0.25, 0.3) is 0 Å². The summed E-state index contributed by atoms with van der Waals surface area (Å²) < 4.78 is 68.9. The first-order valence-corrected chi connectivity index (χ1v) is 3.16. The summed E-state index contributed by atoms with van der Waals surface area (Å²) in [6.07, 6.45) is -9.13. The van der Waals surface area contributed by atoms with Crippen molar-refractivity contribution in [1.82, 2.24) is 0 Å². The average Bonchev–Trinajstić information content (AvgIpc) is 2.01. The normalized spacial score (nSPS) is 9.60. The van der Waals surface area contributed by atoms with E-state index in [2.05, 4.69) is 0 Å². The molecule has 0 radical (unpaired) electrons. The van der Waals surface area contributed by atoms with E-state index in [4.69, 9.17) is 15.0 Å². The van der Waals surface area contributed by atoms with Gasteiger partial charge in [-0.25, -0.2) is 31.1 Å². The molecule has 90 valence electrons. The van der Waals surface area contributed by atoms with Gasteiger partial charge in [0.05, 0.1) is 5.57 Å². The van der Waals surface area contributed by atoms with E-state index in [9.17, 15) is 26.3 Å². The van der Waals surface area contributed by atoms with Crippen molar-refractivity contribution >= 4 is 6.16 Å². The van der Waals surface area contributed by atoms with Crippen LogP contribution < -0.4 is 0 Å². The lowest BCUT2D eigenvalue weighted by Crippen LogP contribution is -2.09. The Morgan fingerprint density at radius 3 is 1.40 bits per heavy atom. The molecule has 0 aromatic heterocycles. The van der Waals surface area contributed by atoms with Crippen LogP contribution in [0.3, 0.4) is 0 Å². The Kier molecular flexibility index (Phi) is 8.49. The summed E-state index contributed by atoms with van der Waals surface area (Å²) in [6.45, 7) is -1.93. The number of carbonyl (C=O) groups is 1. The van der Waals surface area contributed by atoms with Gasteiger partial charge < -0.3 is 10.2 Å². The summed E-state index contributed by atoms with van der Waals surface area (Å²) in [6, 6.07) is 0. The second-order valence-corrected chi connectivity index (χ2v) is 1.88. The maximum absolute atomic E-state index is 11.8. The first-order chi connectivity index (χ1) is 6.73. The van der Waals surface area contributed by atoms with Crippen molar-refractivity contribution < 1.29 is 41.4 Å². The second kappa shape index (κ2) is 7.94. The minimum Gasteiger partial charge on any atom is -0.450 e. The van der Waals surface area contributed by atoms with Crippen LogP contribution in [-0.4, -0.2) is 35.9 Å². The summed E-state index contributed by atoms with van der Waals surface area (Å²) >= 11 is 0. The van der Waals surface area contributed by atoms with Crippen molar-refractivity contribution in [3.63, 3.8) is 0 Å². The Hall–Kier alpha value is -1.41. The molecule has 0 unspecified atom stereocenters. The molecule has 0 amide bonds. The highest BCUT2D eigenvalue weighted by Gasteiger charge is 2.26. The van der Waals surface area contributed by atoms with Gasteiger partial charge in [-0.1, -0.05) is 0 Å². The van der Waals surface area contributed by atoms with Crippen LogP contribution in [0.1, 0.15) is 0 Å². The van der Waals surface area contributed by atoms with Gasteiger partial charge in [-0.05, 0) is 0 Å². The molecular formula is C6H6F6O3. The highest BCUT2D eigenvalue weighted by molar-refractivity contribution is 5.53. The third-order valence-electron chi connectivity index (χ3n) is 0.901. The van der Waals surface area contributed by atoms with Gasteiger partial charge in [-0.3, -0.25) is 0 Å². The molecule has 0 bridgehead atoms. The van der Waals surface area contributed by atoms with E-state index in [-0.39, 0.29) is 0 Å². The van der Waals surface area contributed by atoms with Crippen LogP contribution >= 0.6 is 0 Å². The number of carboxylic acid groups (broad SMARTS) is 2. The molecule has 0 saturated heterocycles. The number of rotatable bonds is 3. The first-order valence-electron chi connectivity index (χ1n) is 3.16. The molecule has 3 nitrogen and oxygen atoms in total.